The molecule has 0 unspecified atom stereocenters. The summed E-state index contributed by atoms with van der Waals surface area (Å²) in [5, 5.41) is 15.2. The number of nitrogens with zero attached hydrogens (tertiary/aromatic N) is 2. The van der Waals surface area contributed by atoms with E-state index in [1.807, 2.05) is 37.4 Å². The Morgan fingerprint density at radius 2 is 2.00 bits per heavy atom. The highest BCUT2D eigenvalue weighted by Gasteiger charge is 2.24. The number of fused-ring (bicyclic) bond motifs is 1. The van der Waals surface area contributed by atoms with Gasteiger partial charge in [-0.3, -0.25) is 9.36 Å². The number of aromatic nitrogens is 2. The quantitative estimate of drug-likeness (QED) is 0.437. The van der Waals surface area contributed by atoms with Crippen molar-refractivity contribution in [3.63, 3.8) is 0 Å². The second-order valence-corrected chi connectivity index (χ2v) is 8.36. The number of pyridine rings is 2. The van der Waals surface area contributed by atoms with Gasteiger partial charge in [0.2, 0.25) is 0 Å². The molecular weight excluding hydrogens is 400 g/mol. The Morgan fingerprint density at radius 3 is 2.72 bits per heavy atom. The molecule has 0 atom stereocenters. The van der Waals surface area contributed by atoms with Gasteiger partial charge in [-0.25, -0.2) is 4.98 Å². The average molecular weight is 427 g/mol. The highest BCUT2D eigenvalue weighted by molar-refractivity contribution is 5.84. The van der Waals surface area contributed by atoms with Gasteiger partial charge in [-0.15, -0.1) is 0 Å². The highest BCUT2D eigenvalue weighted by atomic mass is 16.3. The van der Waals surface area contributed by atoms with Crippen LogP contribution in [0.5, 0.6) is 0 Å². The third-order valence-electron chi connectivity index (χ3n) is 6.17. The van der Waals surface area contributed by atoms with E-state index in [4.69, 9.17) is 5.73 Å². The van der Waals surface area contributed by atoms with E-state index >= 15 is 0 Å². The smallest absolute Gasteiger partial charge is 0.263 e. The molecule has 0 saturated heterocycles. The third kappa shape index (κ3) is 3.57. The third-order valence-corrected chi connectivity index (χ3v) is 6.17. The molecule has 32 heavy (non-hydrogen) atoms. The second kappa shape index (κ2) is 8.22. The van der Waals surface area contributed by atoms with E-state index in [1.54, 1.807) is 16.8 Å². The van der Waals surface area contributed by atoms with Gasteiger partial charge in [-0.05, 0) is 78.2 Å². The van der Waals surface area contributed by atoms with Crippen LogP contribution < -0.4 is 16.6 Å². The predicted octanol–water partition coefficient (Wildman–Crippen LogP) is 3.72. The van der Waals surface area contributed by atoms with Crippen LogP contribution in [0.25, 0.3) is 27.6 Å². The largest absolute Gasteiger partial charge is 0.392 e. The van der Waals surface area contributed by atoms with Crippen LogP contribution >= 0.6 is 0 Å². The Bertz CT molecular complexity index is 1370. The van der Waals surface area contributed by atoms with Gasteiger partial charge in [-0.2, -0.15) is 0 Å². The van der Waals surface area contributed by atoms with Gasteiger partial charge in [-0.1, -0.05) is 24.3 Å². The predicted molar refractivity (Wildman–Crippen MR) is 128 cm³/mol. The Labute approximate surface area is 186 Å². The van der Waals surface area contributed by atoms with Crippen molar-refractivity contribution in [1.29, 1.82) is 0 Å². The van der Waals surface area contributed by atoms with Gasteiger partial charge < -0.3 is 16.2 Å². The Morgan fingerprint density at radius 1 is 1.16 bits per heavy atom. The van der Waals surface area contributed by atoms with Crippen LogP contribution in [-0.2, 0) is 13.2 Å². The fourth-order valence-corrected chi connectivity index (χ4v) is 4.47. The number of nitrogens with two attached hydrogens (primary N) is 1. The molecule has 2 aromatic heterocycles. The van der Waals surface area contributed by atoms with Gasteiger partial charge in [0.25, 0.3) is 5.56 Å². The first-order valence-electron chi connectivity index (χ1n) is 10.9. The van der Waals surface area contributed by atoms with E-state index < -0.39 is 0 Å². The molecule has 0 radical (unpaired) electrons. The Balaban J connectivity index is 1.76. The maximum absolute atomic E-state index is 13.7. The highest BCUT2D eigenvalue weighted by Crippen LogP contribution is 2.40. The molecular formula is C26H26N4O2. The van der Waals surface area contributed by atoms with Crippen LogP contribution in [0.15, 0.2) is 65.6 Å². The van der Waals surface area contributed by atoms with Crippen molar-refractivity contribution in [2.24, 2.45) is 0 Å². The first-order valence-corrected chi connectivity index (χ1v) is 10.9. The van der Waals surface area contributed by atoms with Crippen molar-refractivity contribution in [2.75, 3.05) is 12.8 Å². The van der Waals surface area contributed by atoms with Crippen molar-refractivity contribution in [1.82, 2.24) is 14.9 Å². The summed E-state index contributed by atoms with van der Waals surface area (Å²) in [6.07, 6.45) is 4.08. The molecule has 4 aromatic rings. The number of anilines is 1. The van der Waals surface area contributed by atoms with Crippen LogP contribution in [0.1, 0.15) is 35.6 Å². The van der Waals surface area contributed by atoms with Gasteiger partial charge in [0.05, 0.1) is 12.3 Å². The lowest BCUT2D eigenvalue weighted by molar-refractivity contribution is 0.282. The monoisotopic (exact) mass is 426 g/mol. The molecule has 2 heterocycles. The van der Waals surface area contributed by atoms with Crippen LogP contribution in [0.4, 0.5) is 5.82 Å². The fourth-order valence-electron chi connectivity index (χ4n) is 4.47. The summed E-state index contributed by atoms with van der Waals surface area (Å²) in [5.74, 6) is 1.03. The molecule has 0 bridgehead atoms. The maximum Gasteiger partial charge on any atom is 0.263 e. The summed E-state index contributed by atoms with van der Waals surface area (Å²) >= 11 is 0. The minimum atomic E-state index is -0.210. The molecule has 1 aliphatic carbocycles. The molecule has 0 spiro atoms. The van der Waals surface area contributed by atoms with Crippen LogP contribution in [0.2, 0.25) is 0 Å². The van der Waals surface area contributed by atoms with Gasteiger partial charge >= 0.3 is 0 Å². The first-order chi connectivity index (χ1) is 15.6. The zero-order valence-corrected chi connectivity index (χ0v) is 18.0. The number of nitrogens with one attached hydrogen (secondary N) is 1. The summed E-state index contributed by atoms with van der Waals surface area (Å²) < 4.78 is 1.72. The van der Waals surface area contributed by atoms with Crippen molar-refractivity contribution in [3.05, 3.63) is 88.0 Å². The standard InChI is InChI=1S/C26H26N4O2/c1-28-14-20-12-19-11-17(16-5-6-16)7-8-22(19)26(32)30(20)24-4-2-3-21(23(24)15-31)18-9-10-29-25(27)13-18/h2-4,7-13,16,28,31H,5-6,14-15H2,1H3,(H2,27,29). The molecule has 4 N–H and O–H groups in total. The number of benzene rings is 2. The van der Waals surface area contributed by atoms with E-state index in [-0.39, 0.29) is 12.2 Å². The van der Waals surface area contributed by atoms with Crippen LogP contribution in [0, 0.1) is 0 Å². The van der Waals surface area contributed by atoms with E-state index in [9.17, 15) is 9.90 Å². The Hall–Kier alpha value is -3.48. The lowest BCUT2D eigenvalue weighted by atomic mass is 9.98. The zero-order chi connectivity index (χ0) is 22.2. The molecule has 0 aliphatic heterocycles. The molecule has 1 aliphatic rings. The van der Waals surface area contributed by atoms with Crippen molar-refractivity contribution >= 4 is 16.6 Å². The summed E-state index contributed by atoms with van der Waals surface area (Å²) in [5.41, 5.74) is 11.0. The summed E-state index contributed by atoms with van der Waals surface area (Å²) in [4.78, 5) is 17.8. The summed E-state index contributed by atoms with van der Waals surface area (Å²) in [6, 6.07) is 17.6. The van der Waals surface area contributed by atoms with E-state index in [0.717, 1.165) is 22.2 Å². The molecule has 162 valence electrons. The molecule has 6 heteroatoms. The maximum atomic E-state index is 13.7. The van der Waals surface area contributed by atoms with Crippen LogP contribution in [-0.4, -0.2) is 21.7 Å². The Kier molecular flexibility index (Phi) is 5.25. The zero-order valence-electron chi connectivity index (χ0n) is 18.0. The lowest BCUT2D eigenvalue weighted by Crippen LogP contribution is -2.26. The summed E-state index contributed by atoms with van der Waals surface area (Å²) in [7, 11) is 1.86. The molecule has 0 amide bonds. The SMILES string of the molecule is CNCc1cc2cc(C3CC3)ccc2c(=O)n1-c1cccc(-c2ccnc(N)c2)c1CO. The number of rotatable bonds is 6. The minimum Gasteiger partial charge on any atom is -0.392 e. The van der Waals surface area contributed by atoms with Crippen molar-refractivity contribution < 1.29 is 5.11 Å². The number of aliphatic hydroxyl groups is 1. The molecule has 6 nitrogen and oxygen atoms in total. The van der Waals surface area contributed by atoms with E-state index in [1.165, 1.54) is 18.4 Å². The number of hydrogen-bond donors (Lipinski definition) is 3. The number of aliphatic hydroxyl groups excluding tert-OH is 1. The first kappa shape index (κ1) is 20.4. The van der Waals surface area contributed by atoms with Crippen molar-refractivity contribution in [2.45, 2.75) is 31.9 Å². The van der Waals surface area contributed by atoms with Crippen LogP contribution in [0.3, 0.4) is 0 Å². The molecule has 1 saturated carbocycles. The van der Waals surface area contributed by atoms with E-state index in [0.29, 0.717) is 34.9 Å². The van der Waals surface area contributed by atoms with Gasteiger partial charge in [0.15, 0.2) is 0 Å². The van der Waals surface area contributed by atoms with Crippen molar-refractivity contribution in [3.8, 4) is 16.8 Å². The average Bonchev–Trinajstić information content (AvgIpc) is 3.64. The van der Waals surface area contributed by atoms with Gasteiger partial charge in [0.1, 0.15) is 5.82 Å². The lowest BCUT2D eigenvalue weighted by Gasteiger charge is -2.19. The van der Waals surface area contributed by atoms with Gasteiger partial charge in [0, 0.05) is 29.4 Å². The molecule has 2 aromatic carbocycles. The normalized spacial score (nSPS) is 13.6. The van der Waals surface area contributed by atoms with E-state index in [2.05, 4.69) is 28.5 Å². The molecule has 5 rings (SSSR count). The fraction of sp³-hybridized carbons (Fsp3) is 0.231. The topological polar surface area (TPSA) is 93.2 Å². The minimum absolute atomic E-state index is 0.0869. The number of hydrogen-bond acceptors (Lipinski definition) is 5. The second-order valence-electron chi connectivity index (χ2n) is 8.36. The number of nitrogen functional groups attached to an aromatic ring is 1. The summed E-state index contributed by atoms with van der Waals surface area (Å²) in [6.45, 7) is 0.313. The molecule has 1 fully saturated rings.